The number of aliphatic hydroxyl groups is 1. The van der Waals surface area contributed by atoms with E-state index in [1.165, 1.54) is 0 Å². The van der Waals surface area contributed by atoms with Gasteiger partial charge in [0.15, 0.2) is 0 Å². The first-order valence-electron chi connectivity index (χ1n) is 17.5. The highest BCUT2D eigenvalue weighted by Crippen LogP contribution is 2.53. The number of allylic oxidation sites excluding steroid dienone is 1. The second-order valence-corrected chi connectivity index (χ2v) is 13.4. The molecule has 4 aliphatic heterocycles. The predicted octanol–water partition coefficient (Wildman–Crippen LogP) is 4.19. The third-order valence-corrected chi connectivity index (χ3v) is 10.4. The van der Waals surface area contributed by atoms with Crippen LogP contribution in [0.3, 0.4) is 0 Å². The second kappa shape index (κ2) is 15.6. The molecule has 1 spiro atoms. The molecule has 5 rings (SSSR count). The second-order valence-electron chi connectivity index (χ2n) is 13.4. The van der Waals surface area contributed by atoms with Gasteiger partial charge in [-0.25, -0.2) is 0 Å². The number of likely N-dealkylation sites (tertiary alicyclic amines) is 1. The van der Waals surface area contributed by atoms with E-state index >= 15 is 0 Å². The number of carbonyl (C=O) groups is 4. The number of fused-ring (bicyclic) bond motifs is 2. The molecule has 0 radical (unpaired) electrons. The zero-order valence-electron chi connectivity index (χ0n) is 28.1. The number of cyclic esters (lactones) is 1. The molecule has 2 fully saturated rings. The summed E-state index contributed by atoms with van der Waals surface area (Å²) in [6, 6.07) is 7.99. The van der Waals surface area contributed by atoms with Crippen molar-refractivity contribution in [2.75, 3.05) is 33.3 Å². The molecule has 1 N–H and O–H groups in total. The Morgan fingerprint density at radius 2 is 1.68 bits per heavy atom. The topological polar surface area (TPSA) is 117 Å². The molecule has 0 saturated carbocycles. The third kappa shape index (κ3) is 7.04. The number of esters is 1. The summed E-state index contributed by atoms with van der Waals surface area (Å²) in [6.45, 7) is 5.45. The van der Waals surface area contributed by atoms with Crippen LogP contribution in [-0.2, 0) is 28.7 Å². The number of unbranched alkanes of at least 4 members (excludes halogenated alkanes) is 5. The highest BCUT2D eigenvalue weighted by molar-refractivity contribution is 5.99. The molecule has 47 heavy (non-hydrogen) atoms. The molecule has 1 aromatic carbocycles. The van der Waals surface area contributed by atoms with Crippen LogP contribution in [0.5, 0.6) is 0 Å². The van der Waals surface area contributed by atoms with Gasteiger partial charge in [-0.3, -0.25) is 19.2 Å². The van der Waals surface area contributed by atoms with Gasteiger partial charge in [-0.1, -0.05) is 87.2 Å². The molecule has 4 heterocycles. The zero-order valence-corrected chi connectivity index (χ0v) is 28.1. The Balaban J connectivity index is 1.54. The summed E-state index contributed by atoms with van der Waals surface area (Å²) < 4.78 is 13.2. The number of ether oxygens (including phenoxy) is 2. The fraction of sp³-hybridized carbons (Fsp3) is 0.622. The van der Waals surface area contributed by atoms with Gasteiger partial charge in [0.05, 0.1) is 18.1 Å². The van der Waals surface area contributed by atoms with E-state index in [-0.39, 0.29) is 30.7 Å². The van der Waals surface area contributed by atoms with Crippen LogP contribution < -0.4 is 0 Å². The molecule has 1 aromatic rings. The lowest BCUT2D eigenvalue weighted by Gasteiger charge is -2.35. The minimum absolute atomic E-state index is 0.0654. The fourth-order valence-electron chi connectivity index (χ4n) is 7.68. The Morgan fingerprint density at radius 3 is 2.43 bits per heavy atom. The normalized spacial score (nSPS) is 31.9. The lowest BCUT2D eigenvalue weighted by atomic mass is 9.77. The van der Waals surface area contributed by atoms with Crippen molar-refractivity contribution in [1.29, 1.82) is 0 Å². The Labute approximate surface area is 278 Å². The molecule has 0 unspecified atom stereocenters. The van der Waals surface area contributed by atoms with Crippen molar-refractivity contribution in [2.45, 2.75) is 102 Å². The van der Waals surface area contributed by atoms with Gasteiger partial charge in [0.1, 0.15) is 23.7 Å². The van der Waals surface area contributed by atoms with Crippen LogP contribution in [0.25, 0.3) is 0 Å². The summed E-state index contributed by atoms with van der Waals surface area (Å²) in [5.41, 5.74) is -0.587. The molecule has 2 saturated heterocycles. The number of aliphatic hydroxyl groups excluding tert-OH is 1. The summed E-state index contributed by atoms with van der Waals surface area (Å²) in [4.78, 5) is 61.7. The average molecular weight is 650 g/mol. The number of hydrogen-bond acceptors (Lipinski definition) is 7. The van der Waals surface area contributed by atoms with E-state index < -0.39 is 47.7 Å². The first kappa shape index (κ1) is 34.8. The van der Waals surface area contributed by atoms with Gasteiger partial charge in [0, 0.05) is 39.7 Å². The number of hydrogen-bond donors (Lipinski definition) is 1. The maximum absolute atomic E-state index is 14.6. The standard InChI is InChI=1S/C37H51N3O7/c1-4-5-13-22-39-23-16-21-37-31(34(43)40(33(37)35(39)44)24-14-6-7-15-25-41)30-28(47-37)19-11-12-20-29(42)38(3)26(2)32(46-36(30)45)27-17-9-8-10-18-27/h8-11,16-19,21,26,28,30-33,41H,4-7,12-15,20,22-25H2,1-3H3/b19-11-/t26-,28-,30+,31+,32+,33-,37+/m1/s1. The van der Waals surface area contributed by atoms with Crippen molar-refractivity contribution >= 4 is 23.7 Å². The highest BCUT2D eigenvalue weighted by atomic mass is 16.6. The van der Waals surface area contributed by atoms with Gasteiger partial charge in [0.2, 0.25) is 17.7 Å². The number of carbonyl (C=O) groups excluding carboxylic acids is 4. The van der Waals surface area contributed by atoms with Crippen molar-refractivity contribution in [3.63, 3.8) is 0 Å². The van der Waals surface area contributed by atoms with Crippen LogP contribution in [0.15, 0.2) is 54.6 Å². The number of benzene rings is 1. The SMILES string of the molecule is CCCCCN1CC=C[C@]23O[C@@H]4/C=C\CCC(=O)N(C)[C@H](C)[C@@H](c5ccccc5)OC(=O)[C@@H]4[C@H]2C(=O)N(CCCCCCO)[C@@H]3C1=O. The van der Waals surface area contributed by atoms with Gasteiger partial charge in [0.25, 0.3) is 0 Å². The van der Waals surface area contributed by atoms with Gasteiger partial charge in [-0.15, -0.1) is 0 Å². The van der Waals surface area contributed by atoms with E-state index in [1.807, 2.05) is 60.4 Å². The van der Waals surface area contributed by atoms with E-state index in [0.29, 0.717) is 38.9 Å². The summed E-state index contributed by atoms with van der Waals surface area (Å²) >= 11 is 0. The number of nitrogens with zero attached hydrogens (tertiary/aromatic N) is 3. The van der Waals surface area contributed by atoms with E-state index in [2.05, 4.69) is 6.92 Å². The van der Waals surface area contributed by atoms with E-state index in [1.54, 1.807) is 22.9 Å². The third-order valence-electron chi connectivity index (χ3n) is 10.4. The predicted molar refractivity (Wildman–Crippen MR) is 177 cm³/mol. The summed E-state index contributed by atoms with van der Waals surface area (Å²) in [7, 11) is 1.72. The summed E-state index contributed by atoms with van der Waals surface area (Å²) in [5.74, 6) is -3.00. The number of amides is 3. The van der Waals surface area contributed by atoms with Crippen molar-refractivity contribution in [3.8, 4) is 0 Å². The molecule has 0 aliphatic carbocycles. The smallest absolute Gasteiger partial charge is 0.313 e. The zero-order chi connectivity index (χ0) is 33.6. The fourth-order valence-corrected chi connectivity index (χ4v) is 7.68. The maximum Gasteiger partial charge on any atom is 0.313 e. The van der Waals surface area contributed by atoms with Crippen LogP contribution in [-0.4, -0.2) is 101 Å². The monoisotopic (exact) mass is 649 g/mol. The maximum atomic E-state index is 14.6. The van der Waals surface area contributed by atoms with E-state index in [0.717, 1.165) is 37.7 Å². The largest absolute Gasteiger partial charge is 0.455 e. The van der Waals surface area contributed by atoms with Crippen LogP contribution in [0, 0.1) is 11.8 Å². The average Bonchev–Trinajstić information content (AvgIpc) is 3.46. The molecule has 3 amide bonds. The van der Waals surface area contributed by atoms with Gasteiger partial charge >= 0.3 is 5.97 Å². The molecular formula is C37H51N3O7. The van der Waals surface area contributed by atoms with E-state index in [4.69, 9.17) is 9.47 Å². The van der Waals surface area contributed by atoms with Gasteiger partial charge in [-0.2, -0.15) is 0 Å². The van der Waals surface area contributed by atoms with Crippen molar-refractivity contribution in [3.05, 3.63) is 60.2 Å². The Hall–Kier alpha value is -3.50. The molecule has 4 aliphatic rings. The Kier molecular flexibility index (Phi) is 11.6. The quantitative estimate of drug-likeness (QED) is 0.217. The van der Waals surface area contributed by atoms with Crippen molar-refractivity contribution in [2.24, 2.45) is 11.8 Å². The van der Waals surface area contributed by atoms with Gasteiger partial charge < -0.3 is 29.3 Å². The number of rotatable bonds is 11. The number of likely N-dealkylation sites (N-methyl/N-ethyl adjacent to an activating group) is 1. The first-order valence-corrected chi connectivity index (χ1v) is 17.5. The molecule has 10 heteroatoms. The van der Waals surface area contributed by atoms with Crippen molar-refractivity contribution in [1.82, 2.24) is 14.7 Å². The Bertz CT molecular complexity index is 1330. The lowest BCUT2D eigenvalue weighted by Crippen LogP contribution is -2.55. The molecule has 7 atom stereocenters. The van der Waals surface area contributed by atoms with E-state index in [9.17, 15) is 24.3 Å². The van der Waals surface area contributed by atoms with Gasteiger partial charge in [-0.05, 0) is 38.2 Å². The van der Waals surface area contributed by atoms with Crippen LogP contribution >= 0.6 is 0 Å². The molecule has 0 aromatic heterocycles. The van der Waals surface area contributed by atoms with Crippen LogP contribution in [0.2, 0.25) is 0 Å². The molecule has 256 valence electrons. The van der Waals surface area contributed by atoms with Crippen LogP contribution in [0.1, 0.15) is 83.3 Å². The first-order chi connectivity index (χ1) is 22.7. The lowest BCUT2D eigenvalue weighted by molar-refractivity contribution is -0.164. The molecule has 0 bridgehead atoms. The van der Waals surface area contributed by atoms with Crippen LogP contribution in [0.4, 0.5) is 0 Å². The summed E-state index contributed by atoms with van der Waals surface area (Å²) in [6.07, 6.45) is 12.4. The Morgan fingerprint density at radius 1 is 0.936 bits per heavy atom. The summed E-state index contributed by atoms with van der Waals surface area (Å²) in [5, 5.41) is 9.24. The minimum atomic E-state index is -1.34. The van der Waals surface area contributed by atoms with Crippen molar-refractivity contribution < 1.29 is 33.8 Å². The highest BCUT2D eigenvalue weighted by Gasteiger charge is 2.71. The molecular weight excluding hydrogens is 598 g/mol. The minimum Gasteiger partial charge on any atom is -0.455 e. The molecule has 10 nitrogen and oxygen atoms in total.